The number of hydrogen-bond donors (Lipinski definition) is 1. The lowest BCUT2D eigenvalue weighted by molar-refractivity contribution is -0.121. The van der Waals surface area contributed by atoms with Gasteiger partial charge in [0.1, 0.15) is 0 Å². The molecule has 5 nitrogen and oxygen atoms in total. The number of hydrogen-bond acceptors (Lipinski definition) is 4. The number of aryl methyl sites for hydroxylation is 1. The molecule has 1 N–H and O–H groups in total. The molecule has 0 bridgehead atoms. The Balaban J connectivity index is 1.62. The van der Waals surface area contributed by atoms with E-state index >= 15 is 0 Å². The van der Waals surface area contributed by atoms with Gasteiger partial charge in [0.25, 0.3) is 0 Å². The van der Waals surface area contributed by atoms with Crippen molar-refractivity contribution in [2.24, 2.45) is 0 Å². The average molecular weight is 337 g/mol. The van der Waals surface area contributed by atoms with Gasteiger partial charge in [-0.2, -0.15) is 4.98 Å². The Morgan fingerprint density at radius 1 is 1.12 bits per heavy atom. The van der Waals surface area contributed by atoms with Crippen LogP contribution < -0.4 is 5.32 Å². The largest absolute Gasteiger partial charge is 0.350 e. The van der Waals surface area contributed by atoms with Crippen LogP contribution in [0.15, 0.2) is 47.0 Å². The zero-order valence-corrected chi connectivity index (χ0v) is 14.8. The first-order valence-corrected chi connectivity index (χ1v) is 8.64. The Morgan fingerprint density at radius 2 is 1.88 bits per heavy atom. The summed E-state index contributed by atoms with van der Waals surface area (Å²) < 4.78 is 5.18. The van der Waals surface area contributed by atoms with E-state index in [1.807, 2.05) is 39.0 Å². The summed E-state index contributed by atoms with van der Waals surface area (Å²) in [6.45, 7) is 6.02. The van der Waals surface area contributed by atoms with Crippen molar-refractivity contribution in [1.82, 2.24) is 15.5 Å². The van der Waals surface area contributed by atoms with Crippen molar-refractivity contribution in [1.29, 1.82) is 0 Å². The molecule has 0 saturated carbocycles. The summed E-state index contributed by atoms with van der Waals surface area (Å²) in [5.74, 6) is 1.39. The predicted octanol–water partition coefficient (Wildman–Crippen LogP) is 4.16. The van der Waals surface area contributed by atoms with E-state index in [0.717, 1.165) is 10.9 Å². The molecule has 0 fully saturated rings. The molecule has 0 radical (unpaired) electrons. The maximum atomic E-state index is 12.3. The van der Waals surface area contributed by atoms with E-state index < -0.39 is 0 Å². The average Bonchev–Trinajstić information content (AvgIpc) is 3.09. The number of nitrogens with one attached hydrogen (secondary N) is 1. The third kappa shape index (κ3) is 4.05. The molecular weight excluding hydrogens is 314 g/mol. The second-order valence-corrected chi connectivity index (χ2v) is 6.56. The first-order valence-electron chi connectivity index (χ1n) is 8.64. The number of carbonyl (C=O) groups is 1. The fourth-order valence-electron chi connectivity index (χ4n) is 2.84. The lowest BCUT2D eigenvalue weighted by Crippen LogP contribution is -2.27. The third-order valence-corrected chi connectivity index (χ3v) is 4.23. The smallest absolute Gasteiger partial charge is 0.227 e. The van der Waals surface area contributed by atoms with Crippen LogP contribution in [0.3, 0.4) is 0 Å². The molecule has 3 rings (SSSR count). The molecule has 0 saturated heterocycles. The molecule has 3 aromatic rings. The molecule has 1 unspecified atom stereocenters. The van der Waals surface area contributed by atoms with Crippen molar-refractivity contribution in [3.05, 3.63) is 59.7 Å². The Bertz CT molecular complexity index is 865. The van der Waals surface area contributed by atoms with Crippen molar-refractivity contribution in [2.75, 3.05) is 0 Å². The van der Waals surface area contributed by atoms with E-state index in [0.29, 0.717) is 24.6 Å². The van der Waals surface area contributed by atoms with Crippen molar-refractivity contribution in [3.8, 4) is 0 Å². The molecule has 1 amide bonds. The monoisotopic (exact) mass is 337 g/mol. The number of carbonyl (C=O) groups excluding carboxylic acids is 1. The van der Waals surface area contributed by atoms with Gasteiger partial charge in [-0.3, -0.25) is 4.79 Å². The zero-order chi connectivity index (χ0) is 17.8. The fraction of sp³-hybridized carbons (Fsp3) is 0.350. The lowest BCUT2D eigenvalue weighted by atomic mass is 9.99. The van der Waals surface area contributed by atoms with Crippen LogP contribution in [0.25, 0.3) is 10.8 Å². The number of fused-ring (bicyclic) bond motifs is 1. The summed E-state index contributed by atoms with van der Waals surface area (Å²) in [5.41, 5.74) is 1.12. The van der Waals surface area contributed by atoms with Gasteiger partial charge in [-0.05, 0) is 23.3 Å². The molecule has 0 spiro atoms. The Hall–Kier alpha value is -2.69. The van der Waals surface area contributed by atoms with Crippen molar-refractivity contribution >= 4 is 16.7 Å². The number of amides is 1. The first-order chi connectivity index (χ1) is 12.0. The highest BCUT2D eigenvalue weighted by atomic mass is 16.5. The van der Waals surface area contributed by atoms with Crippen LogP contribution in [0, 0.1) is 0 Å². The van der Waals surface area contributed by atoms with E-state index in [1.165, 1.54) is 5.39 Å². The second kappa shape index (κ2) is 7.47. The SMILES string of the molecule is CC(C)c1noc(CCC(=O)NC(C)c2cccc3ccccc23)n1. The molecule has 25 heavy (non-hydrogen) atoms. The maximum Gasteiger partial charge on any atom is 0.227 e. The molecule has 0 aliphatic rings. The quantitative estimate of drug-likeness (QED) is 0.733. The minimum absolute atomic E-state index is 0.0234. The van der Waals surface area contributed by atoms with E-state index in [1.54, 1.807) is 0 Å². The predicted molar refractivity (Wildman–Crippen MR) is 97.2 cm³/mol. The summed E-state index contributed by atoms with van der Waals surface area (Å²) >= 11 is 0. The Morgan fingerprint density at radius 3 is 2.64 bits per heavy atom. The number of benzene rings is 2. The Kier molecular flexibility index (Phi) is 5.12. The molecule has 130 valence electrons. The van der Waals surface area contributed by atoms with E-state index in [2.05, 4.69) is 39.7 Å². The molecule has 1 aromatic heterocycles. The molecule has 1 heterocycles. The van der Waals surface area contributed by atoms with Crippen LogP contribution in [-0.2, 0) is 11.2 Å². The van der Waals surface area contributed by atoms with Gasteiger partial charge in [0.2, 0.25) is 11.8 Å². The summed E-state index contributed by atoms with van der Waals surface area (Å²) in [4.78, 5) is 16.6. The van der Waals surface area contributed by atoms with Crippen LogP contribution >= 0.6 is 0 Å². The third-order valence-electron chi connectivity index (χ3n) is 4.23. The van der Waals surface area contributed by atoms with Crippen molar-refractivity contribution in [2.45, 2.75) is 45.6 Å². The van der Waals surface area contributed by atoms with Gasteiger partial charge in [-0.1, -0.05) is 61.5 Å². The normalized spacial score (nSPS) is 12.5. The zero-order valence-electron chi connectivity index (χ0n) is 14.8. The lowest BCUT2D eigenvalue weighted by Gasteiger charge is -2.16. The highest BCUT2D eigenvalue weighted by Crippen LogP contribution is 2.24. The van der Waals surface area contributed by atoms with Gasteiger partial charge in [0.05, 0.1) is 6.04 Å². The molecule has 2 aromatic carbocycles. The van der Waals surface area contributed by atoms with Gasteiger partial charge in [0, 0.05) is 18.8 Å². The summed E-state index contributed by atoms with van der Waals surface area (Å²) in [5, 5.41) is 9.32. The van der Waals surface area contributed by atoms with Crippen LogP contribution in [0.2, 0.25) is 0 Å². The van der Waals surface area contributed by atoms with Gasteiger partial charge in [0.15, 0.2) is 5.82 Å². The second-order valence-electron chi connectivity index (χ2n) is 6.56. The summed E-state index contributed by atoms with van der Waals surface area (Å²) in [7, 11) is 0. The fourth-order valence-corrected chi connectivity index (χ4v) is 2.84. The van der Waals surface area contributed by atoms with Gasteiger partial charge >= 0.3 is 0 Å². The van der Waals surface area contributed by atoms with Crippen molar-refractivity contribution < 1.29 is 9.32 Å². The highest BCUT2D eigenvalue weighted by molar-refractivity contribution is 5.86. The number of nitrogens with zero attached hydrogens (tertiary/aromatic N) is 2. The number of aromatic nitrogens is 2. The number of rotatable bonds is 6. The van der Waals surface area contributed by atoms with Crippen LogP contribution in [0.1, 0.15) is 56.4 Å². The molecule has 5 heteroatoms. The van der Waals surface area contributed by atoms with E-state index in [9.17, 15) is 4.79 Å². The highest BCUT2D eigenvalue weighted by Gasteiger charge is 2.14. The summed E-state index contributed by atoms with van der Waals surface area (Å²) in [6, 6.07) is 14.3. The van der Waals surface area contributed by atoms with E-state index in [-0.39, 0.29) is 17.9 Å². The van der Waals surface area contributed by atoms with Gasteiger partial charge < -0.3 is 9.84 Å². The molecule has 1 atom stereocenters. The van der Waals surface area contributed by atoms with Crippen LogP contribution in [-0.4, -0.2) is 16.0 Å². The van der Waals surface area contributed by atoms with E-state index in [4.69, 9.17) is 4.52 Å². The molecule has 0 aliphatic heterocycles. The topological polar surface area (TPSA) is 68.0 Å². The van der Waals surface area contributed by atoms with Gasteiger partial charge in [-0.15, -0.1) is 0 Å². The summed E-state index contributed by atoms with van der Waals surface area (Å²) in [6.07, 6.45) is 0.780. The van der Waals surface area contributed by atoms with Crippen LogP contribution in [0.4, 0.5) is 0 Å². The van der Waals surface area contributed by atoms with Gasteiger partial charge in [-0.25, -0.2) is 0 Å². The first kappa shape index (κ1) is 17.1. The molecule has 0 aliphatic carbocycles. The standard InChI is InChI=1S/C20H23N3O2/c1-13(2)20-22-19(25-23-20)12-11-18(24)21-14(3)16-10-6-8-15-7-4-5-9-17(15)16/h4-10,13-14H,11-12H2,1-3H3,(H,21,24). The minimum atomic E-state index is -0.0625. The van der Waals surface area contributed by atoms with Crippen LogP contribution in [0.5, 0.6) is 0 Å². The van der Waals surface area contributed by atoms with Crippen molar-refractivity contribution in [3.63, 3.8) is 0 Å². The Labute approximate surface area is 147 Å². The molecular formula is C20H23N3O2. The maximum absolute atomic E-state index is 12.3. The minimum Gasteiger partial charge on any atom is -0.350 e.